The summed E-state index contributed by atoms with van der Waals surface area (Å²) < 4.78 is 15.2. The van der Waals surface area contributed by atoms with Crippen molar-refractivity contribution in [2.24, 2.45) is 0 Å². The quantitative estimate of drug-likeness (QED) is 0.486. The van der Waals surface area contributed by atoms with Crippen molar-refractivity contribution in [2.45, 2.75) is 19.6 Å². The molecule has 7 nitrogen and oxygen atoms in total. The Bertz CT molecular complexity index is 688. The lowest BCUT2D eigenvalue weighted by Gasteiger charge is -2.29. The molecule has 23 heavy (non-hydrogen) atoms. The molecule has 0 saturated carbocycles. The summed E-state index contributed by atoms with van der Waals surface area (Å²) in [5.41, 5.74) is 0.504. The Balaban J connectivity index is 2.22. The predicted octanol–water partition coefficient (Wildman–Crippen LogP) is 2.37. The fraction of sp³-hybridized carbons (Fsp3) is 0.267. The monoisotopic (exact) mass is 383 g/mol. The smallest absolute Gasteiger partial charge is 0.350 e. The van der Waals surface area contributed by atoms with Crippen LogP contribution >= 0.6 is 15.9 Å². The van der Waals surface area contributed by atoms with Gasteiger partial charge in [0.15, 0.2) is 5.57 Å². The van der Waals surface area contributed by atoms with Crippen LogP contribution in [0.3, 0.4) is 0 Å². The highest BCUT2D eigenvalue weighted by molar-refractivity contribution is 9.10. The van der Waals surface area contributed by atoms with E-state index >= 15 is 0 Å². The van der Waals surface area contributed by atoms with Gasteiger partial charge in [-0.2, -0.15) is 0 Å². The number of cyclic esters (lactones) is 2. The Morgan fingerprint density at radius 3 is 2.43 bits per heavy atom. The molecule has 1 aliphatic rings. The van der Waals surface area contributed by atoms with Gasteiger partial charge in [0.2, 0.25) is 0 Å². The first-order valence-corrected chi connectivity index (χ1v) is 7.34. The highest BCUT2D eigenvalue weighted by Crippen LogP contribution is 2.24. The van der Waals surface area contributed by atoms with Gasteiger partial charge in [-0.25, -0.2) is 14.4 Å². The van der Waals surface area contributed by atoms with E-state index in [-0.39, 0.29) is 5.57 Å². The number of ether oxygens (including phenoxy) is 3. The minimum Gasteiger partial charge on any atom is -0.465 e. The van der Waals surface area contributed by atoms with E-state index in [9.17, 15) is 14.4 Å². The third-order valence-corrected chi connectivity index (χ3v) is 3.56. The van der Waals surface area contributed by atoms with Crippen LogP contribution in [0.25, 0.3) is 0 Å². The summed E-state index contributed by atoms with van der Waals surface area (Å²) in [6.07, 6.45) is 1.17. The normalized spacial score (nSPS) is 16.3. The molecular formula is C15H14BrNO6. The van der Waals surface area contributed by atoms with Crippen LogP contribution in [0.2, 0.25) is 0 Å². The van der Waals surface area contributed by atoms with Crippen LogP contribution in [0, 0.1) is 0 Å². The van der Waals surface area contributed by atoms with Crippen LogP contribution in [0.15, 0.2) is 34.4 Å². The topological polar surface area (TPSA) is 90.9 Å². The molecule has 1 saturated heterocycles. The van der Waals surface area contributed by atoms with Gasteiger partial charge in [0.05, 0.1) is 12.7 Å². The third-order valence-electron chi connectivity index (χ3n) is 2.87. The number of carbonyl (C=O) groups excluding carboxylic acids is 3. The van der Waals surface area contributed by atoms with Crippen LogP contribution in [0.5, 0.6) is 0 Å². The van der Waals surface area contributed by atoms with Crippen molar-refractivity contribution in [2.75, 3.05) is 12.4 Å². The van der Waals surface area contributed by atoms with Crippen molar-refractivity contribution in [1.82, 2.24) is 0 Å². The predicted molar refractivity (Wildman–Crippen MR) is 83.5 cm³/mol. The average Bonchev–Trinajstić information content (AvgIpc) is 2.46. The van der Waals surface area contributed by atoms with E-state index < -0.39 is 23.7 Å². The second-order valence-electron chi connectivity index (χ2n) is 5.07. The number of anilines is 1. The van der Waals surface area contributed by atoms with Gasteiger partial charge in [0.25, 0.3) is 5.79 Å². The molecule has 1 fully saturated rings. The molecule has 0 atom stereocenters. The van der Waals surface area contributed by atoms with Gasteiger partial charge in [0, 0.05) is 30.2 Å². The number of hydrogen-bond acceptors (Lipinski definition) is 7. The van der Waals surface area contributed by atoms with Gasteiger partial charge in [0.1, 0.15) is 0 Å². The molecule has 1 aromatic rings. The summed E-state index contributed by atoms with van der Waals surface area (Å²) >= 11 is 3.24. The van der Waals surface area contributed by atoms with Crippen LogP contribution in [0.1, 0.15) is 24.2 Å². The van der Waals surface area contributed by atoms with Crippen molar-refractivity contribution >= 4 is 39.5 Å². The Morgan fingerprint density at radius 2 is 1.87 bits per heavy atom. The molecule has 8 heteroatoms. The standard InChI is InChI=1S/C15H14BrNO6/c1-15(2)22-13(19)10(14(20)23-15)7-17-8-4-5-11(16)9(6-8)12(18)21-3/h4-7,17H,1-3H3. The van der Waals surface area contributed by atoms with E-state index in [1.165, 1.54) is 33.2 Å². The fourth-order valence-corrected chi connectivity index (χ4v) is 2.22. The van der Waals surface area contributed by atoms with Crippen molar-refractivity contribution in [3.8, 4) is 0 Å². The molecule has 1 heterocycles. The van der Waals surface area contributed by atoms with Crippen LogP contribution in [-0.2, 0) is 23.8 Å². The van der Waals surface area contributed by atoms with Crippen molar-refractivity contribution < 1.29 is 28.6 Å². The molecule has 0 aromatic heterocycles. The maximum Gasteiger partial charge on any atom is 0.350 e. The molecule has 1 N–H and O–H groups in total. The number of rotatable bonds is 3. The molecule has 0 radical (unpaired) electrons. The molecule has 0 unspecified atom stereocenters. The van der Waals surface area contributed by atoms with Gasteiger partial charge in [-0.05, 0) is 34.1 Å². The van der Waals surface area contributed by atoms with Gasteiger partial charge < -0.3 is 19.5 Å². The van der Waals surface area contributed by atoms with Crippen molar-refractivity contribution in [3.05, 3.63) is 40.0 Å². The first-order chi connectivity index (χ1) is 10.7. The molecule has 1 aromatic carbocycles. The highest BCUT2D eigenvalue weighted by atomic mass is 79.9. The van der Waals surface area contributed by atoms with Gasteiger partial charge in [-0.3, -0.25) is 0 Å². The molecule has 0 amide bonds. The van der Waals surface area contributed by atoms with Crippen LogP contribution in [-0.4, -0.2) is 30.8 Å². The number of nitrogens with one attached hydrogen (secondary N) is 1. The molecule has 2 rings (SSSR count). The van der Waals surface area contributed by atoms with Gasteiger partial charge >= 0.3 is 17.9 Å². The molecule has 0 spiro atoms. The molecular weight excluding hydrogens is 370 g/mol. The number of carbonyl (C=O) groups is 3. The lowest BCUT2D eigenvalue weighted by Crippen LogP contribution is -2.42. The lowest BCUT2D eigenvalue weighted by molar-refractivity contribution is -0.222. The van der Waals surface area contributed by atoms with Crippen molar-refractivity contribution in [1.29, 1.82) is 0 Å². The summed E-state index contributed by atoms with van der Waals surface area (Å²) in [4.78, 5) is 35.2. The largest absolute Gasteiger partial charge is 0.465 e. The number of hydrogen-bond donors (Lipinski definition) is 1. The minimum atomic E-state index is -1.29. The van der Waals surface area contributed by atoms with E-state index in [1.54, 1.807) is 12.1 Å². The van der Waals surface area contributed by atoms with Gasteiger partial charge in [-0.15, -0.1) is 0 Å². The maximum atomic E-state index is 11.8. The fourth-order valence-electron chi connectivity index (χ4n) is 1.82. The summed E-state index contributed by atoms with van der Waals surface area (Å²) in [6.45, 7) is 2.93. The lowest BCUT2D eigenvalue weighted by atomic mass is 10.2. The second-order valence-corrected chi connectivity index (χ2v) is 5.92. The molecule has 1 aliphatic heterocycles. The minimum absolute atomic E-state index is 0.271. The van der Waals surface area contributed by atoms with E-state index in [4.69, 9.17) is 9.47 Å². The molecule has 122 valence electrons. The molecule has 0 aliphatic carbocycles. The Labute approximate surface area is 140 Å². The van der Waals surface area contributed by atoms with E-state index in [2.05, 4.69) is 26.0 Å². The van der Waals surface area contributed by atoms with Crippen molar-refractivity contribution in [3.63, 3.8) is 0 Å². The zero-order valence-electron chi connectivity index (χ0n) is 12.6. The number of halogens is 1. The first-order valence-electron chi connectivity index (χ1n) is 6.55. The van der Waals surface area contributed by atoms with E-state index in [1.807, 2.05) is 0 Å². The SMILES string of the molecule is COC(=O)c1cc(NC=C2C(=O)OC(C)(C)OC2=O)ccc1Br. The Kier molecular flexibility index (Phi) is 4.74. The summed E-state index contributed by atoms with van der Waals surface area (Å²) in [6, 6.07) is 4.79. The Morgan fingerprint density at radius 1 is 1.26 bits per heavy atom. The second kappa shape index (κ2) is 6.41. The summed E-state index contributed by atoms with van der Waals surface area (Å²) in [5, 5.41) is 2.76. The summed E-state index contributed by atoms with van der Waals surface area (Å²) in [7, 11) is 1.27. The number of methoxy groups -OCH3 is 1. The van der Waals surface area contributed by atoms with Crippen LogP contribution in [0.4, 0.5) is 5.69 Å². The number of esters is 3. The van der Waals surface area contributed by atoms with E-state index in [0.717, 1.165) is 0 Å². The zero-order valence-corrected chi connectivity index (χ0v) is 14.2. The average molecular weight is 384 g/mol. The third kappa shape index (κ3) is 3.89. The van der Waals surface area contributed by atoms with Crippen LogP contribution < -0.4 is 5.32 Å². The van der Waals surface area contributed by atoms with E-state index in [0.29, 0.717) is 15.7 Å². The van der Waals surface area contributed by atoms with Gasteiger partial charge in [-0.1, -0.05) is 0 Å². The first kappa shape index (κ1) is 17.0. The highest BCUT2D eigenvalue weighted by Gasteiger charge is 2.38. The zero-order chi connectivity index (χ0) is 17.2. The Hall–Kier alpha value is -2.35. The molecule has 0 bridgehead atoms. The number of benzene rings is 1. The summed E-state index contributed by atoms with van der Waals surface area (Å²) in [5.74, 6) is -3.39. The maximum absolute atomic E-state index is 11.8.